The zero-order valence-corrected chi connectivity index (χ0v) is 13.9. The summed E-state index contributed by atoms with van der Waals surface area (Å²) in [4.78, 5) is 15.8. The quantitative estimate of drug-likeness (QED) is 0.715. The van der Waals surface area contributed by atoms with Gasteiger partial charge in [-0.2, -0.15) is 0 Å². The van der Waals surface area contributed by atoms with Gasteiger partial charge in [-0.05, 0) is 29.8 Å². The van der Waals surface area contributed by atoms with Crippen molar-refractivity contribution in [3.05, 3.63) is 57.9 Å². The number of hydrogen-bond donors (Lipinski definition) is 1. The molecule has 0 aliphatic carbocycles. The van der Waals surface area contributed by atoms with Crippen LogP contribution in [0.3, 0.4) is 0 Å². The van der Waals surface area contributed by atoms with Crippen LogP contribution in [0.2, 0.25) is 10.0 Å². The van der Waals surface area contributed by atoms with Gasteiger partial charge in [0, 0.05) is 23.6 Å². The highest BCUT2D eigenvalue weighted by Gasteiger charge is 2.11. The van der Waals surface area contributed by atoms with Crippen LogP contribution in [-0.4, -0.2) is 10.9 Å². The zero-order chi connectivity index (χ0) is 16.4. The Kier molecular flexibility index (Phi) is 4.55. The lowest BCUT2D eigenvalue weighted by Gasteiger charge is -2.04. The fraction of sp³-hybridized carbons (Fsp3) is 0.176. The lowest BCUT2D eigenvalue weighted by molar-refractivity contribution is -0.115. The van der Waals surface area contributed by atoms with Gasteiger partial charge in [0.1, 0.15) is 5.52 Å². The topological polar surface area (TPSA) is 55.1 Å². The van der Waals surface area contributed by atoms with Crippen molar-refractivity contribution in [2.75, 3.05) is 5.32 Å². The smallest absolute Gasteiger partial charge is 0.224 e. The van der Waals surface area contributed by atoms with Gasteiger partial charge < -0.3 is 9.73 Å². The number of benzene rings is 2. The minimum absolute atomic E-state index is 0.0109. The Morgan fingerprint density at radius 1 is 1.22 bits per heavy atom. The number of fused-ring (bicyclic) bond motifs is 1. The first-order valence-corrected chi connectivity index (χ1v) is 7.94. The minimum atomic E-state index is -0.0109. The molecule has 4 nitrogen and oxygen atoms in total. The van der Waals surface area contributed by atoms with E-state index < -0.39 is 0 Å². The molecule has 0 atom stereocenters. The van der Waals surface area contributed by atoms with E-state index in [1.54, 1.807) is 12.1 Å². The van der Waals surface area contributed by atoms with Crippen molar-refractivity contribution in [1.29, 1.82) is 0 Å². The van der Waals surface area contributed by atoms with E-state index in [1.165, 1.54) is 0 Å². The molecular weight excluding hydrogens is 335 g/mol. The van der Waals surface area contributed by atoms with Crippen molar-refractivity contribution in [2.45, 2.75) is 19.8 Å². The molecule has 3 aromatic rings. The maximum absolute atomic E-state index is 11.4. The summed E-state index contributed by atoms with van der Waals surface area (Å²) in [5.74, 6) is 0.553. The largest absolute Gasteiger partial charge is 0.439 e. The molecule has 0 fully saturated rings. The average Bonchev–Trinajstić information content (AvgIpc) is 2.92. The first-order valence-electron chi connectivity index (χ1n) is 7.18. The Balaban J connectivity index is 1.79. The minimum Gasteiger partial charge on any atom is -0.439 e. The van der Waals surface area contributed by atoms with E-state index in [4.69, 9.17) is 27.6 Å². The van der Waals surface area contributed by atoms with Crippen molar-refractivity contribution >= 4 is 45.9 Å². The summed E-state index contributed by atoms with van der Waals surface area (Å²) < 4.78 is 5.70. The van der Waals surface area contributed by atoms with E-state index in [0.29, 0.717) is 39.9 Å². The molecule has 0 aliphatic heterocycles. The second-order valence-electron chi connectivity index (χ2n) is 5.12. The summed E-state index contributed by atoms with van der Waals surface area (Å²) in [5.41, 5.74) is 2.98. The molecule has 23 heavy (non-hydrogen) atoms. The van der Waals surface area contributed by atoms with Gasteiger partial charge in [0.2, 0.25) is 5.91 Å². The highest BCUT2D eigenvalue weighted by Crippen LogP contribution is 2.29. The van der Waals surface area contributed by atoms with Gasteiger partial charge in [0.25, 0.3) is 0 Å². The molecule has 0 saturated heterocycles. The molecule has 0 bridgehead atoms. The van der Waals surface area contributed by atoms with Crippen molar-refractivity contribution in [3.63, 3.8) is 0 Å². The van der Waals surface area contributed by atoms with E-state index in [9.17, 15) is 4.79 Å². The van der Waals surface area contributed by atoms with E-state index in [2.05, 4.69) is 10.3 Å². The molecular formula is C17H14Cl2N2O2. The van der Waals surface area contributed by atoms with Crippen LogP contribution in [0.4, 0.5) is 5.69 Å². The average molecular weight is 349 g/mol. The molecule has 0 radical (unpaired) electrons. The summed E-state index contributed by atoms with van der Waals surface area (Å²) in [6.45, 7) is 1.81. The predicted molar refractivity (Wildman–Crippen MR) is 92.2 cm³/mol. The summed E-state index contributed by atoms with van der Waals surface area (Å²) >= 11 is 12.1. The van der Waals surface area contributed by atoms with Gasteiger partial charge >= 0.3 is 0 Å². The van der Waals surface area contributed by atoms with Crippen LogP contribution in [0, 0.1) is 0 Å². The van der Waals surface area contributed by atoms with Crippen LogP contribution in [0.5, 0.6) is 0 Å². The van der Waals surface area contributed by atoms with E-state index in [-0.39, 0.29) is 5.91 Å². The molecule has 0 unspecified atom stereocenters. The predicted octanol–water partition coefficient (Wildman–Crippen LogP) is 5.07. The standard InChI is InChI=1S/C17H14Cl2N2O2/c1-2-15(22)20-12-5-3-10(4-6-12)7-16-21-14-9-11(18)8-13(19)17(14)23-16/h3-6,8-9H,2,7H2,1H3,(H,20,22). The van der Waals surface area contributed by atoms with E-state index >= 15 is 0 Å². The molecule has 6 heteroatoms. The lowest BCUT2D eigenvalue weighted by atomic mass is 10.1. The number of oxazole rings is 1. The SMILES string of the molecule is CCC(=O)Nc1ccc(Cc2nc3cc(Cl)cc(Cl)c3o2)cc1. The van der Waals surface area contributed by atoms with E-state index in [0.717, 1.165) is 11.3 Å². The van der Waals surface area contributed by atoms with Gasteiger partial charge in [-0.15, -0.1) is 0 Å². The molecule has 118 valence electrons. The first-order chi connectivity index (χ1) is 11.0. The van der Waals surface area contributed by atoms with Crippen molar-refractivity contribution in [2.24, 2.45) is 0 Å². The molecule has 1 amide bonds. The summed E-state index contributed by atoms with van der Waals surface area (Å²) in [6, 6.07) is 10.9. The highest BCUT2D eigenvalue weighted by atomic mass is 35.5. The molecule has 0 aliphatic rings. The zero-order valence-electron chi connectivity index (χ0n) is 12.4. The molecule has 1 heterocycles. The summed E-state index contributed by atoms with van der Waals surface area (Å²) in [5, 5.41) is 3.78. The van der Waals surface area contributed by atoms with Crippen LogP contribution in [0.25, 0.3) is 11.1 Å². The molecule has 1 aromatic heterocycles. The first kappa shape index (κ1) is 15.8. The van der Waals surface area contributed by atoms with Crippen molar-refractivity contribution < 1.29 is 9.21 Å². The Hall–Kier alpha value is -2.04. The Morgan fingerprint density at radius 2 is 1.96 bits per heavy atom. The van der Waals surface area contributed by atoms with Gasteiger partial charge in [-0.1, -0.05) is 42.3 Å². The monoisotopic (exact) mass is 348 g/mol. The van der Waals surface area contributed by atoms with Gasteiger partial charge in [-0.3, -0.25) is 4.79 Å². The van der Waals surface area contributed by atoms with Gasteiger partial charge in [0.15, 0.2) is 11.5 Å². The summed E-state index contributed by atoms with van der Waals surface area (Å²) in [7, 11) is 0. The fourth-order valence-electron chi connectivity index (χ4n) is 2.21. The van der Waals surface area contributed by atoms with Crippen LogP contribution in [0.15, 0.2) is 40.8 Å². The number of carbonyl (C=O) groups excluding carboxylic acids is 1. The van der Waals surface area contributed by atoms with E-state index in [1.807, 2.05) is 31.2 Å². The Morgan fingerprint density at radius 3 is 2.65 bits per heavy atom. The third-order valence-electron chi connectivity index (χ3n) is 3.37. The Labute approximate surface area is 143 Å². The molecule has 1 N–H and O–H groups in total. The number of carbonyl (C=O) groups is 1. The molecule has 2 aromatic carbocycles. The number of amides is 1. The molecule has 0 spiro atoms. The maximum Gasteiger partial charge on any atom is 0.224 e. The van der Waals surface area contributed by atoms with Gasteiger partial charge in [0.05, 0.1) is 5.02 Å². The number of hydrogen-bond acceptors (Lipinski definition) is 3. The molecule has 0 saturated carbocycles. The Bertz CT molecular complexity index is 857. The number of nitrogens with one attached hydrogen (secondary N) is 1. The lowest BCUT2D eigenvalue weighted by Crippen LogP contribution is -2.09. The van der Waals surface area contributed by atoms with Crippen LogP contribution in [0.1, 0.15) is 24.8 Å². The molecule has 3 rings (SSSR count). The third kappa shape index (κ3) is 3.66. The van der Waals surface area contributed by atoms with Crippen LogP contribution in [-0.2, 0) is 11.2 Å². The fourth-order valence-corrected chi connectivity index (χ4v) is 2.73. The van der Waals surface area contributed by atoms with Crippen LogP contribution >= 0.6 is 23.2 Å². The second-order valence-corrected chi connectivity index (χ2v) is 5.96. The van der Waals surface area contributed by atoms with Gasteiger partial charge in [-0.25, -0.2) is 4.98 Å². The van der Waals surface area contributed by atoms with Crippen LogP contribution < -0.4 is 5.32 Å². The normalized spacial score (nSPS) is 10.9. The number of aromatic nitrogens is 1. The maximum atomic E-state index is 11.4. The number of anilines is 1. The van der Waals surface area contributed by atoms with Crippen molar-refractivity contribution in [3.8, 4) is 0 Å². The summed E-state index contributed by atoms with van der Waals surface area (Å²) in [6.07, 6.45) is 0.985. The third-order valence-corrected chi connectivity index (χ3v) is 3.87. The van der Waals surface area contributed by atoms with Crippen molar-refractivity contribution in [1.82, 2.24) is 4.98 Å². The number of rotatable bonds is 4. The highest BCUT2D eigenvalue weighted by molar-refractivity contribution is 6.37. The number of nitrogens with zero attached hydrogens (tertiary/aromatic N) is 1. The second kappa shape index (κ2) is 6.60. The number of halogens is 2.